The van der Waals surface area contributed by atoms with Gasteiger partial charge in [0.2, 0.25) is 0 Å². The second-order valence-electron chi connectivity index (χ2n) is 8.82. The van der Waals surface area contributed by atoms with Crippen molar-refractivity contribution in [3.8, 4) is 17.6 Å². The van der Waals surface area contributed by atoms with E-state index in [1.807, 2.05) is 67.6 Å². The smallest absolute Gasteiger partial charge is 0.157 e. The summed E-state index contributed by atoms with van der Waals surface area (Å²) in [5.41, 5.74) is 11.6. The Bertz CT molecular complexity index is 1410. The zero-order chi connectivity index (χ0) is 27.9. The van der Waals surface area contributed by atoms with E-state index in [1.54, 1.807) is 27.3 Å². The topological polar surface area (TPSA) is 121 Å². The summed E-state index contributed by atoms with van der Waals surface area (Å²) < 4.78 is 10.6. The Kier molecular flexibility index (Phi) is 8.59. The molecule has 0 bridgehead atoms. The fraction of sp³-hybridized carbons (Fsp3) is 0.207. The van der Waals surface area contributed by atoms with Gasteiger partial charge in [0.15, 0.2) is 11.0 Å². The first kappa shape index (κ1) is 27.4. The molecule has 10 heteroatoms. The first-order valence-electron chi connectivity index (χ1n) is 12.2. The van der Waals surface area contributed by atoms with E-state index >= 15 is 0 Å². The standard InChI is InChI=1S/C29H30ClN7O2/c1-18-13-21(15-31)34-28(30)27(18)35-25-14-24(33-2)26(32)29(36-25)37(16-19-5-9-22(38-3)10-6-19)17-20-7-11-23(39-4)12-8-20/h5-14H,16-17,32H2,1-4H3,(H2,33,35,36). The molecule has 0 saturated heterocycles. The third-order valence-corrected chi connectivity index (χ3v) is 6.49. The van der Waals surface area contributed by atoms with Crippen molar-refractivity contribution in [3.63, 3.8) is 0 Å². The van der Waals surface area contributed by atoms with Gasteiger partial charge in [-0.15, -0.1) is 0 Å². The quantitative estimate of drug-likeness (QED) is 0.210. The summed E-state index contributed by atoms with van der Waals surface area (Å²) in [7, 11) is 5.09. The highest BCUT2D eigenvalue weighted by Gasteiger charge is 2.19. The average Bonchev–Trinajstić information content (AvgIpc) is 2.95. The number of hydrogen-bond acceptors (Lipinski definition) is 9. The van der Waals surface area contributed by atoms with Crippen molar-refractivity contribution >= 4 is 40.3 Å². The number of aryl methyl sites for hydroxylation is 1. The Morgan fingerprint density at radius 2 is 1.51 bits per heavy atom. The van der Waals surface area contributed by atoms with Crippen molar-refractivity contribution in [2.24, 2.45) is 0 Å². The number of benzene rings is 2. The summed E-state index contributed by atoms with van der Waals surface area (Å²) in [5.74, 6) is 2.68. The largest absolute Gasteiger partial charge is 0.497 e. The second-order valence-corrected chi connectivity index (χ2v) is 9.18. The van der Waals surface area contributed by atoms with Crippen LogP contribution < -0.4 is 30.7 Å². The average molecular weight is 544 g/mol. The molecule has 9 nitrogen and oxygen atoms in total. The number of nitrogens with zero attached hydrogens (tertiary/aromatic N) is 4. The Morgan fingerprint density at radius 3 is 1.97 bits per heavy atom. The third kappa shape index (κ3) is 6.43. The molecule has 0 spiro atoms. The molecule has 0 aliphatic rings. The van der Waals surface area contributed by atoms with E-state index in [0.29, 0.717) is 41.8 Å². The SMILES string of the molecule is CNc1cc(Nc2c(C)cc(C#N)nc2Cl)nc(N(Cc2ccc(OC)cc2)Cc2ccc(OC)cc2)c1N. The minimum absolute atomic E-state index is 0.186. The molecule has 0 aliphatic heterocycles. The molecule has 2 aromatic carbocycles. The zero-order valence-electron chi connectivity index (χ0n) is 22.2. The fourth-order valence-corrected chi connectivity index (χ4v) is 4.42. The zero-order valence-corrected chi connectivity index (χ0v) is 23.0. The molecule has 4 aromatic rings. The van der Waals surface area contributed by atoms with Gasteiger partial charge in [-0.3, -0.25) is 0 Å². The van der Waals surface area contributed by atoms with Gasteiger partial charge in [-0.2, -0.15) is 5.26 Å². The van der Waals surface area contributed by atoms with Gasteiger partial charge in [0, 0.05) is 26.2 Å². The molecule has 0 amide bonds. The summed E-state index contributed by atoms with van der Waals surface area (Å²) in [6.45, 7) is 2.93. The maximum atomic E-state index is 9.22. The number of nitrogens with two attached hydrogens (primary N) is 1. The maximum Gasteiger partial charge on any atom is 0.157 e. The number of nitrogen functional groups attached to an aromatic ring is 1. The van der Waals surface area contributed by atoms with Gasteiger partial charge in [-0.25, -0.2) is 9.97 Å². The number of methoxy groups -OCH3 is 2. The van der Waals surface area contributed by atoms with Gasteiger partial charge < -0.3 is 30.7 Å². The van der Waals surface area contributed by atoms with E-state index in [9.17, 15) is 5.26 Å². The van der Waals surface area contributed by atoms with Crippen molar-refractivity contribution in [2.75, 3.05) is 42.5 Å². The van der Waals surface area contributed by atoms with Gasteiger partial charge >= 0.3 is 0 Å². The number of anilines is 5. The molecule has 4 N–H and O–H groups in total. The van der Waals surface area contributed by atoms with Crippen LogP contribution in [0.1, 0.15) is 22.4 Å². The summed E-state index contributed by atoms with van der Waals surface area (Å²) in [6, 6.07) is 21.3. The van der Waals surface area contributed by atoms with Crippen LogP contribution in [0.15, 0.2) is 60.7 Å². The normalized spacial score (nSPS) is 10.5. The van der Waals surface area contributed by atoms with Crippen molar-refractivity contribution in [1.82, 2.24) is 9.97 Å². The summed E-state index contributed by atoms with van der Waals surface area (Å²) in [5, 5.41) is 15.8. The van der Waals surface area contributed by atoms with Crippen LogP contribution in [0.2, 0.25) is 5.15 Å². The number of ether oxygens (including phenoxy) is 2. The van der Waals surface area contributed by atoms with E-state index in [4.69, 9.17) is 31.8 Å². The van der Waals surface area contributed by atoms with Gasteiger partial charge in [0.05, 0.1) is 31.3 Å². The molecule has 4 rings (SSSR count). The lowest BCUT2D eigenvalue weighted by atomic mass is 10.1. The fourth-order valence-electron chi connectivity index (χ4n) is 4.13. The van der Waals surface area contributed by atoms with Crippen molar-refractivity contribution < 1.29 is 9.47 Å². The van der Waals surface area contributed by atoms with E-state index in [2.05, 4.69) is 20.5 Å². The molecular weight excluding hydrogens is 514 g/mol. The Labute approximate surface area is 233 Å². The van der Waals surface area contributed by atoms with Crippen LogP contribution >= 0.6 is 11.6 Å². The number of pyridine rings is 2. The van der Waals surface area contributed by atoms with Gasteiger partial charge in [-0.05, 0) is 53.9 Å². The monoisotopic (exact) mass is 543 g/mol. The summed E-state index contributed by atoms with van der Waals surface area (Å²) in [6.07, 6.45) is 0. The van der Waals surface area contributed by atoms with E-state index < -0.39 is 0 Å². The van der Waals surface area contributed by atoms with Crippen LogP contribution in [0, 0.1) is 18.3 Å². The molecule has 2 heterocycles. The first-order chi connectivity index (χ1) is 18.8. The van der Waals surface area contributed by atoms with Crippen LogP contribution in [-0.2, 0) is 13.1 Å². The number of aromatic nitrogens is 2. The minimum atomic E-state index is 0.186. The lowest BCUT2D eigenvalue weighted by molar-refractivity contribution is 0.414. The molecule has 0 unspecified atom stereocenters. The predicted octanol–water partition coefficient (Wildman–Crippen LogP) is 5.90. The molecule has 0 fully saturated rings. The summed E-state index contributed by atoms with van der Waals surface area (Å²) in [4.78, 5) is 11.2. The van der Waals surface area contributed by atoms with Crippen molar-refractivity contribution in [2.45, 2.75) is 20.0 Å². The molecule has 0 aliphatic carbocycles. The highest BCUT2D eigenvalue weighted by Crippen LogP contribution is 2.36. The Morgan fingerprint density at radius 1 is 0.949 bits per heavy atom. The van der Waals surface area contributed by atoms with Gasteiger partial charge in [0.25, 0.3) is 0 Å². The molecule has 0 radical (unpaired) electrons. The number of hydrogen-bond donors (Lipinski definition) is 3. The summed E-state index contributed by atoms with van der Waals surface area (Å²) >= 11 is 6.41. The second kappa shape index (κ2) is 12.2. The minimum Gasteiger partial charge on any atom is -0.497 e. The maximum absolute atomic E-state index is 9.22. The first-order valence-corrected chi connectivity index (χ1v) is 12.6. The van der Waals surface area contributed by atoms with Crippen LogP contribution in [0.5, 0.6) is 11.5 Å². The molecular formula is C29H30ClN7O2. The lowest BCUT2D eigenvalue weighted by Crippen LogP contribution is -2.25. The van der Waals surface area contributed by atoms with Crippen molar-refractivity contribution in [3.05, 3.63) is 88.2 Å². The Hall–Kier alpha value is -4.68. The molecule has 39 heavy (non-hydrogen) atoms. The highest BCUT2D eigenvalue weighted by molar-refractivity contribution is 6.32. The van der Waals surface area contributed by atoms with Crippen LogP contribution in [0.25, 0.3) is 0 Å². The number of nitriles is 1. The highest BCUT2D eigenvalue weighted by atomic mass is 35.5. The van der Waals surface area contributed by atoms with E-state index in [0.717, 1.165) is 28.2 Å². The lowest BCUT2D eigenvalue weighted by Gasteiger charge is -2.27. The molecule has 2 aromatic heterocycles. The molecule has 200 valence electrons. The van der Waals surface area contributed by atoms with Crippen molar-refractivity contribution in [1.29, 1.82) is 5.26 Å². The number of nitrogens with one attached hydrogen (secondary N) is 2. The van der Waals surface area contributed by atoms with Gasteiger partial charge in [-0.1, -0.05) is 35.9 Å². The van der Waals surface area contributed by atoms with Crippen LogP contribution in [0.3, 0.4) is 0 Å². The number of halogens is 1. The van der Waals surface area contributed by atoms with E-state index in [1.165, 1.54) is 0 Å². The predicted molar refractivity (Wildman–Crippen MR) is 156 cm³/mol. The number of rotatable bonds is 10. The molecule has 0 atom stereocenters. The van der Waals surface area contributed by atoms with Crippen LogP contribution in [-0.4, -0.2) is 31.2 Å². The van der Waals surface area contributed by atoms with Gasteiger partial charge in [0.1, 0.15) is 29.1 Å². The third-order valence-electron chi connectivity index (χ3n) is 6.21. The van der Waals surface area contributed by atoms with E-state index in [-0.39, 0.29) is 10.8 Å². The Balaban J connectivity index is 1.76. The van der Waals surface area contributed by atoms with Crippen LogP contribution in [0.4, 0.5) is 28.7 Å². The molecule has 0 saturated carbocycles.